The molecule has 160 valence electrons. The molecule has 0 radical (unpaired) electrons. The van der Waals surface area contributed by atoms with Crippen LogP contribution in [0.5, 0.6) is 0 Å². The molecule has 2 N–H and O–H groups in total. The normalized spacial score (nSPS) is 11.9. The average molecular weight is 435 g/mol. The monoisotopic (exact) mass is 434 g/mol. The van der Waals surface area contributed by atoms with E-state index in [1.54, 1.807) is 0 Å². The first-order valence-corrected chi connectivity index (χ1v) is 10.5. The van der Waals surface area contributed by atoms with Gasteiger partial charge >= 0.3 is 6.18 Å². The molecular formula is C22H25F3N4S. The molecule has 3 aromatic rings. The van der Waals surface area contributed by atoms with Gasteiger partial charge in [-0.1, -0.05) is 18.2 Å². The van der Waals surface area contributed by atoms with Gasteiger partial charge in [0.05, 0.1) is 22.5 Å². The predicted molar refractivity (Wildman–Crippen MR) is 118 cm³/mol. The number of para-hydroxylation sites is 1. The number of rotatable bonds is 9. The maximum absolute atomic E-state index is 12.7. The Hall–Kier alpha value is -2.29. The van der Waals surface area contributed by atoms with Crippen molar-refractivity contribution >= 4 is 28.5 Å². The van der Waals surface area contributed by atoms with Crippen LogP contribution in [0.1, 0.15) is 17.7 Å². The molecule has 1 heterocycles. The molecule has 30 heavy (non-hydrogen) atoms. The van der Waals surface area contributed by atoms with Crippen LogP contribution in [0.3, 0.4) is 0 Å². The molecule has 2 aromatic carbocycles. The van der Waals surface area contributed by atoms with Crippen molar-refractivity contribution in [1.29, 1.82) is 0 Å². The second-order valence-electron chi connectivity index (χ2n) is 7.24. The second kappa shape index (κ2) is 10.1. The zero-order chi connectivity index (χ0) is 21.6. The van der Waals surface area contributed by atoms with Crippen molar-refractivity contribution < 1.29 is 13.2 Å². The number of anilines is 1. The van der Waals surface area contributed by atoms with Crippen molar-refractivity contribution in [2.24, 2.45) is 0 Å². The number of hydrogen-bond acceptors (Lipinski definition) is 5. The van der Waals surface area contributed by atoms with Gasteiger partial charge in [0, 0.05) is 16.8 Å². The fourth-order valence-corrected chi connectivity index (χ4v) is 3.60. The summed E-state index contributed by atoms with van der Waals surface area (Å²) in [4.78, 5) is 7.62. The molecule has 0 saturated carbocycles. The summed E-state index contributed by atoms with van der Waals surface area (Å²) < 4.78 is 41.4. The topological polar surface area (TPSA) is 40.2 Å². The van der Waals surface area contributed by atoms with Gasteiger partial charge in [-0.3, -0.25) is 0 Å². The predicted octanol–water partition coefficient (Wildman–Crippen LogP) is 5.41. The Labute approximate surface area is 179 Å². The number of hydrogen-bond donors (Lipinski definition) is 2. The van der Waals surface area contributed by atoms with Crippen LogP contribution in [-0.2, 0) is 12.7 Å². The Kier molecular flexibility index (Phi) is 7.58. The first-order chi connectivity index (χ1) is 14.3. The summed E-state index contributed by atoms with van der Waals surface area (Å²) in [5, 5.41) is 4.41. The lowest BCUT2D eigenvalue weighted by Crippen LogP contribution is -2.21. The lowest BCUT2D eigenvalue weighted by Gasteiger charge is -2.12. The minimum absolute atomic E-state index is 0.651. The Balaban J connectivity index is 1.65. The van der Waals surface area contributed by atoms with Crippen molar-refractivity contribution in [3.8, 4) is 0 Å². The maximum Gasteiger partial charge on any atom is 0.416 e. The minimum Gasteiger partial charge on any atom is -0.324 e. The molecule has 0 aliphatic rings. The Morgan fingerprint density at radius 2 is 1.77 bits per heavy atom. The molecule has 1 aromatic heterocycles. The van der Waals surface area contributed by atoms with Gasteiger partial charge in [-0.2, -0.15) is 13.2 Å². The molecule has 0 spiro atoms. The molecule has 4 nitrogen and oxygen atoms in total. The van der Waals surface area contributed by atoms with Crippen LogP contribution in [0.2, 0.25) is 0 Å². The van der Waals surface area contributed by atoms with Crippen LogP contribution >= 0.6 is 11.9 Å². The number of fused-ring (bicyclic) bond motifs is 1. The van der Waals surface area contributed by atoms with Gasteiger partial charge in [-0.25, -0.2) is 4.98 Å². The van der Waals surface area contributed by atoms with Crippen molar-refractivity contribution in [2.75, 3.05) is 31.9 Å². The number of pyridine rings is 1. The lowest BCUT2D eigenvalue weighted by atomic mass is 10.2. The molecule has 0 amide bonds. The molecule has 0 saturated heterocycles. The van der Waals surface area contributed by atoms with Crippen molar-refractivity contribution in [1.82, 2.24) is 15.2 Å². The van der Waals surface area contributed by atoms with Crippen LogP contribution < -0.4 is 10.0 Å². The van der Waals surface area contributed by atoms with Gasteiger partial charge in [0.1, 0.15) is 0 Å². The molecule has 0 atom stereocenters. The Morgan fingerprint density at radius 1 is 1.00 bits per heavy atom. The van der Waals surface area contributed by atoms with E-state index in [4.69, 9.17) is 4.98 Å². The molecule has 0 aliphatic heterocycles. The van der Waals surface area contributed by atoms with E-state index in [9.17, 15) is 13.2 Å². The Morgan fingerprint density at radius 3 is 2.47 bits per heavy atom. The minimum atomic E-state index is -4.33. The van der Waals surface area contributed by atoms with Crippen LogP contribution in [0.25, 0.3) is 10.9 Å². The van der Waals surface area contributed by atoms with Gasteiger partial charge in [-0.05, 0) is 82.0 Å². The fourth-order valence-electron chi connectivity index (χ4n) is 2.93. The molecule has 0 aliphatic carbocycles. The summed E-state index contributed by atoms with van der Waals surface area (Å²) in [6.45, 7) is 2.64. The SMILES string of the molecule is CN(C)CCCNCc1ccc2cccc(NSc3ccc(C(F)(F)F)cc3)c2n1. The first kappa shape index (κ1) is 22.4. The van der Waals surface area contributed by atoms with E-state index in [2.05, 4.69) is 29.0 Å². The fraction of sp³-hybridized carbons (Fsp3) is 0.318. The smallest absolute Gasteiger partial charge is 0.324 e. The highest BCUT2D eigenvalue weighted by Gasteiger charge is 2.29. The van der Waals surface area contributed by atoms with Crippen LogP contribution in [-0.4, -0.2) is 37.1 Å². The van der Waals surface area contributed by atoms with Crippen molar-refractivity contribution in [2.45, 2.75) is 24.0 Å². The highest BCUT2D eigenvalue weighted by atomic mass is 32.2. The van der Waals surface area contributed by atoms with Crippen molar-refractivity contribution in [3.05, 3.63) is 65.9 Å². The molecule has 0 bridgehead atoms. The number of nitrogens with one attached hydrogen (secondary N) is 2. The molecular weight excluding hydrogens is 409 g/mol. The van der Waals surface area contributed by atoms with E-state index in [-0.39, 0.29) is 0 Å². The van der Waals surface area contributed by atoms with Gasteiger partial charge in [0.15, 0.2) is 0 Å². The number of benzene rings is 2. The van der Waals surface area contributed by atoms with Gasteiger partial charge < -0.3 is 14.9 Å². The lowest BCUT2D eigenvalue weighted by molar-refractivity contribution is -0.137. The van der Waals surface area contributed by atoms with Crippen LogP contribution in [0, 0.1) is 0 Å². The van der Waals surface area contributed by atoms with Gasteiger partial charge in [0.2, 0.25) is 0 Å². The summed E-state index contributed by atoms with van der Waals surface area (Å²) in [7, 11) is 4.12. The molecule has 3 rings (SSSR count). The highest BCUT2D eigenvalue weighted by Crippen LogP contribution is 2.32. The van der Waals surface area contributed by atoms with Crippen LogP contribution in [0.4, 0.5) is 18.9 Å². The summed E-state index contributed by atoms with van der Waals surface area (Å²) in [5.74, 6) is 0. The quantitative estimate of drug-likeness (QED) is 0.348. The third-order valence-corrected chi connectivity index (χ3v) is 5.33. The zero-order valence-corrected chi connectivity index (χ0v) is 17.8. The standard InChI is InChI=1S/C22H25F3N4S/c1-29(2)14-4-13-26-15-18-10-7-16-5-3-6-20(21(16)27-18)28-30-19-11-8-17(9-12-19)22(23,24)25/h3,5-12,26,28H,4,13-15H2,1-2H3. The third kappa shape index (κ3) is 6.35. The summed E-state index contributed by atoms with van der Waals surface area (Å²) in [6, 6.07) is 15.0. The number of halogens is 3. The Bertz CT molecular complexity index is 959. The van der Waals surface area contributed by atoms with E-state index in [1.165, 1.54) is 24.1 Å². The van der Waals surface area contributed by atoms with Crippen molar-refractivity contribution in [3.63, 3.8) is 0 Å². The number of aromatic nitrogens is 1. The van der Waals surface area contributed by atoms with E-state index < -0.39 is 11.7 Å². The number of nitrogens with zero attached hydrogens (tertiary/aromatic N) is 2. The largest absolute Gasteiger partial charge is 0.416 e. The first-order valence-electron chi connectivity index (χ1n) is 9.67. The van der Waals surface area contributed by atoms with E-state index in [0.717, 1.165) is 53.9 Å². The van der Waals surface area contributed by atoms with E-state index in [1.807, 2.05) is 30.3 Å². The number of alkyl halides is 3. The molecule has 0 unspecified atom stereocenters. The summed E-state index contributed by atoms with van der Waals surface area (Å²) >= 11 is 1.26. The highest BCUT2D eigenvalue weighted by molar-refractivity contribution is 8.00. The molecule has 0 fully saturated rings. The average Bonchev–Trinajstić information content (AvgIpc) is 2.71. The van der Waals surface area contributed by atoms with Gasteiger partial charge in [-0.15, -0.1) is 0 Å². The van der Waals surface area contributed by atoms with E-state index in [0.29, 0.717) is 11.4 Å². The second-order valence-corrected chi connectivity index (χ2v) is 8.12. The third-order valence-electron chi connectivity index (χ3n) is 4.50. The zero-order valence-electron chi connectivity index (χ0n) is 17.0. The van der Waals surface area contributed by atoms with Gasteiger partial charge in [0.25, 0.3) is 0 Å². The van der Waals surface area contributed by atoms with E-state index >= 15 is 0 Å². The summed E-state index contributed by atoms with van der Waals surface area (Å²) in [6.07, 6.45) is -3.26. The summed E-state index contributed by atoms with van der Waals surface area (Å²) in [5.41, 5.74) is 1.96. The molecule has 8 heteroatoms. The van der Waals surface area contributed by atoms with Crippen LogP contribution in [0.15, 0.2) is 59.5 Å². The maximum atomic E-state index is 12.7.